The van der Waals surface area contributed by atoms with Gasteiger partial charge in [0.05, 0.1) is 6.04 Å². The molecule has 3 aliphatic heterocycles. The number of hydrogen-bond acceptors (Lipinski definition) is 7. The van der Waals surface area contributed by atoms with Gasteiger partial charge in [-0.1, -0.05) is 12.1 Å². The molecule has 37 heavy (non-hydrogen) atoms. The number of piperazine rings is 1. The van der Waals surface area contributed by atoms with E-state index < -0.39 is 11.9 Å². The molecule has 3 heterocycles. The minimum Gasteiger partial charge on any atom is -0.355 e. The van der Waals surface area contributed by atoms with Crippen LogP contribution in [0.1, 0.15) is 72.1 Å². The van der Waals surface area contributed by atoms with Gasteiger partial charge in [-0.3, -0.25) is 29.3 Å². The SMILES string of the molecule is O=C(CCC(=O)N1CCNCC1)NCCNC1CCC2c3c(cccc31)C(=O)N2C1CCC(=O)NC1=O. The quantitative estimate of drug-likeness (QED) is 0.279. The molecule has 0 aromatic heterocycles. The molecule has 11 heteroatoms. The molecule has 1 aliphatic carbocycles. The number of imide groups is 1. The van der Waals surface area contributed by atoms with Gasteiger partial charge in [0.15, 0.2) is 0 Å². The van der Waals surface area contributed by atoms with Gasteiger partial charge in [0.25, 0.3) is 5.91 Å². The van der Waals surface area contributed by atoms with Crippen molar-refractivity contribution < 1.29 is 24.0 Å². The van der Waals surface area contributed by atoms with Crippen LogP contribution in [-0.2, 0) is 19.2 Å². The molecule has 4 N–H and O–H groups in total. The minimum atomic E-state index is -0.631. The molecular weight excluding hydrogens is 476 g/mol. The Labute approximate surface area is 215 Å². The van der Waals surface area contributed by atoms with Crippen LogP contribution in [0, 0.1) is 0 Å². The summed E-state index contributed by atoms with van der Waals surface area (Å²) in [5.74, 6) is -0.966. The van der Waals surface area contributed by atoms with E-state index >= 15 is 0 Å². The summed E-state index contributed by atoms with van der Waals surface area (Å²) in [6.07, 6.45) is 2.47. The van der Waals surface area contributed by atoms with Crippen LogP contribution in [0.4, 0.5) is 0 Å². The van der Waals surface area contributed by atoms with Gasteiger partial charge in [0.2, 0.25) is 23.6 Å². The van der Waals surface area contributed by atoms with Gasteiger partial charge in [-0.25, -0.2) is 0 Å². The molecule has 1 aromatic rings. The fourth-order valence-corrected chi connectivity index (χ4v) is 5.98. The van der Waals surface area contributed by atoms with Crippen LogP contribution in [0.5, 0.6) is 0 Å². The van der Waals surface area contributed by atoms with E-state index in [2.05, 4.69) is 21.3 Å². The van der Waals surface area contributed by atoms with Crippen molar-refractivity contribution >= 4 is 29.5 Å². The van der Waals surface area contributed by atoms with Crippen molar-refractivity contribution in [3.05, 3.63) is 34.9 Å². The van der Waals surface area contributed by atoms with E-state index in [9.17, 15) is 24.0 Å². The van der Waals surface area contributed by atoms with E-state index in [0.717, 1.165) is 30.6 Å². The van der Waals surface area contributed by atoms with Crippen LogP contribution in [0.25, 0.3) is 0 Å². The maximum Gasteiger partial charge on any atom is 0.255 e. The lowest BCUT2D eigenvalue weighted by atomic mass is 9.83. The molecule has 5 rings (SSSR count). The van der Waals surface area contributed by atoms with Gasteiger partial charge in [0.1, 0.15) is 6.04 Å². The standard InChI is InChI=1S/C26H34N6O5/c33-21(8-9-23(35)31-14-12-27-13-15-31)29-11-10-28-18-4-5-19-24-16(18)2-1-3-17(24)26(37)32(19)20-6-7-22(34)30-25(20)36/h1-3,18-20,27-28H,4-15H2,(H,29,33)(H,30,34,36). The van der Waals surface area contributed by atoms with Crippen LogP contribution in [0.2, 0.25) is 0 Å². The molecule has 5 amide bonds. The second-order valence-electron chi connectivity index (χ2n) is 10.1. The van der Waals surface area contributed by atoms with E-state index in [1.54, 1.807) is 9.80 Å². The molecule has 0 radical (unpaired) electrons. The highest BCUT2D eigenvalue weighted by atomic mass is 16.2. The Bertz CT molecular complexity index is 1100. The predicted molar refractivity (Wildman–Crippen MR) is 133 cm³/mol. The third kappa shape index (κ3) is 5.24. The second-order valence-corrected chi connectivity index (χ2v) is 10.1. The fourth-order valence-electron chi connectivity index (χ4n) is 5.98. The summed E-state index contributed by atoms with van der Waals surface area (Å²) >= 11 is 0. The van der Waals surface area contributed by atoms with Gasteiger partial charge < -0.3 is 25.8 Å². The number of hydrogen-bond donors (Lipinski definition) is 4. The predicted octanol–water partition coefficient (Wildman–Crippen LogP) is -0.259. The first kappa shape index (κ1) is 25.3. The van der Waals surface area contributed by atoms with Crippen molar-refractivity contribution in [2.45, 2.75) is 56.7 Å². The van der Waals surface area contributed by atoms with Crippen molar-refractivity contribution in [3.63, 3.8) is 0 Å². The number of rotatable bonds is 8. The smallest absolute Gasteiger partial charge is 0.255 e. The Balaban J connectivity index is 1.13. The minimum absolute atomic E-state index is 0.0189. The number of amides is 5. The van der Waals surface area contributed by atoms with Crippen LogP contribution >= 0.6 is 0 Å². The first-order valence-electron chi connectivity index (χ1n) is 13.2. The average molecular weight is 511 g/mol. The van der Waals surface area contributed by atoms with E-state index in [1.165, 1.54) is 0 Å². The molecule has 198 valence electrons. The Hall–Kier alpha value is -3.31. The first-order chi connectivity index (χ1) is 17.9. The van der Waals surface area contributed by atoms with Crippen LogP contribution < -0.4 is 21.3 Å². The summed E-state index contributed by atoms with van der Waals surface area (Å²) < 4.78 is 0. The molecular formula is C26H34N6O5. The highest BCUT2D eigenvalue weighted by molar-refractivity contribution is 6.06. The van der Waals surface area contributed by atoms with Crippen LogP contribution in [-0.4, -0.2) is 84.6 Å². The zero-order valence-electron chi connectivity index (χ0n) is 20.9. The molecule has 1 aromatic carbocycles. The summed E-state index contributed by atoms with van der Waals surface area (Å²) in [6.45, 7) is 3.95. The highest BCUT2D eigenvalue weighted by Gasteiger charge is 2.47. The zero-order chi connectivity index (χ0) is 25.9. The highest BCUT2D eigenvalue weighted by Crippen LogP contribution is 2.47. The number of benzene rings is 1. The summed E-state index contributed by atoms with van der Waals surface area (Å²) in [4.78, 5) is 65.3. The number of nitrogens with one attached hydrogen (secondary N) is 4. The summed E-state index contributed by atoms with van der Waals surface area (Å²) in [6, 6.07) is 4.93. The Kier molecular flexibility index (Phi) is 7.52. The Morgan fingerprint density at radius 2 is 1.78 bits per heavy atom. The van der Waals surface area contributed by atoms with Crippen molar-refractivity contribution in [2.24, 2.45) is 0 Å². The molecule has 0 saturated carbocycles. The van der Waals surface area contributed by atoms with E-state index in [0.29, 0.717) is 44.6 Å². The normalized spacial score (nSPS) is 25.1. The molecule has 4 aliphatic rings. The summed E-state index contributed by atoms with van der Waals surface area (Å²) in [5.41, 5.74) is 2.64. The van der Waals surface area contributed by atoms with Crippen molar-refractivity contribution in [3.8, 4) is 0 Å². The molecule has 0 bridgehead atoms. The third-order valence-electron chi connectivity index (χ3n) is 7.80. The molecule has 3 atom stereocenters. The van der Waals surface area contributed by atoms with Gasteiger partial charge in [0, 0.05) is 70.1 Å². The van der Waals surface area contributed by atoms with Gasteiger partial charge in [-0.05, 0) is 36.5 Å². The van der Waals surface area contributed by atoms with Gasteiger partial charge in [-0.15, -0.1) is 0 Å². The van der Waals surface area contributed by atoms with Crippen molar-refractivity contribution in [2.75, 3.05) is 39.3 Å². The Morgan fingerprint density at radius 3 is 2.57 bits per heavy atom. The molecule has 3 unspecified atom stereocenters. The maximum atomic E-state index is 13.3. The van der Waals surface area contributed by atoms with Gasteiger partial charge in [-0.2, -0.15) is 0 Å². The number of nitrogens with zero attached hydrogens (tertiary/aromatic N) is 2. The van der Waals surface area contributed by atoms with Crippen LogP contribution in [0.15, 0.2) is 18.2 Å². The monoisotopic (exact) mass is 510 g/mol. The lowest BCUT2D eigenvalue weighted by molar-refractivity contribution is -0.137. The Morgan fingerprint density at radius 1 is 0.973 bits per heavy atom. The summed E-state index contributed by atoms with van der Waals surface area (Å²) in [5, 5.41) is 12.0. The maximum absolute atomic E-state index is 13.3. The fraction of sp³-hybridized carbons (Fsp3) is 0.577. The summed E-state index contributed by atoms with van der Waals surface area (Å²) in [7, 11) is 0. The molecule has 0 spiro atoms. The molecule has 2 fully saturated rings. The zero-order valence-corrected chi connectivity index (χ0v) is 20.9. The van der Waals surface area contributed by atoms with E-state index in [4.69, 9.17) is 0 Å². The van der Waals surface area contributed by atoms with E-state index in [1.807, 2.05) is 18.2 Å². The largest absolute Gasteiger partial charge is 0.355 e. The van der Waals surface area contributed by atoms with Gasteiger partial charge >= 0.3 is 0 Å². The molecule has 11 nitrogen and oxygen atoms in total. The number of carbonyl (C=O) groups excluding carboxylic acids is 5. The second kappa shape index (κ2) is 11.0. The third-order valence-corrected chi connectivity index (χ3v) is 7.80. The van der Waals surface area contributed by atoms with Crippen molar-refractivity contribution in [1.82, 2.24) is 31.1 Å². The van der Waals surface area contributed by atoms with Crippen molar-refractivity contribution in [1.29, 1.82) is 0 Å². The lowest BCUT2D eigenvalue weighted by Gasteiger charge is -2.38. The number of carbonyl (C=O) groups is 5. The molecule has 2 saturated heterocycles. The number of piperidine rings is 1. The first-order valence-corrected chi connectivity index (χ1v) is 13.2. The van der Waals surface area contributed by atoms with Crippen LogP contribution in [0.3, 0.4) is 0 Å². The lowest BCUT2D eigenvalue weighted by Crippen LogP contribution is -2.53. The van der Waals surface area contributed by atoms with E-state index in [-0.39, 0.29) is 55.0 Å². The average Bonchev–Trinajstić information content (AvgIpc) is 3.19. The topological polar surface area (TPSA) is 140 Å².